The van der Waals surface area contributed by atoms with Gasteiger partial charge in [0.1, 0.15) is 21.3 Å². The van der Waals surface area contributed by atoms with Crippen molar-refractivity contribution in [3.8, 4) is 18.1 Å². The zero-order chi connectivity index (χ0) is 19.1. The Morgan fingerprint density at radius 1 is 1.50 bits per heavy atom. The molecule has 0 atom stereocenters. The normalized spacial score (nSPS) is 15.5. The molecule has 0 radical (unpaired) electrons. The third kappa shape index (κ3) is 2.72. The van der Waals surface area contributed by atoms with E-state index in [2.05, 4.69) is 10.9 Å². The maximum absolute atomic E-state index is 14.7. The van der Waals surface area contributed by atoms with E-state index >= 15 is 0 Å². The number of anilines is 1. The van der Waals surface area contributed by atoms with Gasteiger partial charge in [-0.2, -0.15) is 0 Å². The molecular formula is C15H11BClFN2O4S2. The molecule has 3 rings (SSSR count). The molecule has 1 aromatic carbocycles. The second kappa shape index (κ2) is 6.83. The van der Waals surface area contributed by atoms with Crippen molar-refractivity contribution in [2.75, 3.05) is 17.4 Å². The molecule has 1 aromatic heterocycles. The zero-order valence-corrected chi connectivity index (χ0v) is 15.8. The lowest BCUT2D eigenvalue weighted by molar-refractivity contribution is 0.383. The van der Waals surface area contributed by atoms with Crippen LogP contribution >= 0.6 is 22.9 Å². The zero-order valence-electron chi connectivity index (χ0n) is 13.4. The first-order chi connectivity index (χ1) is 12.3. The Labute approximate surface area is 159 Å². The van der Waals surface area contributed by atoms with Crippen molar-refractivity contribution in [2.45, 2.75) is 0 Å². The number of aliphatic hydroxyl groups excluding tert-OH is 1. The number of nitrogens with zero attached hydrogens (tertiary/aromatic N) is 2. The number of benzene rings is 1. The maximum atomic E-state index is 14.7. The van der Waals surface area contributed by atoms with E-state index in [4.69, 9.17) is 22.8 Å². The molecule has 0 saturated heterocycles. The number of fused-ring (bicyclic) bond motifs is 1. The smallest absolute Gasteiger partial charge is 0.271 e. The van der Waals surface area contributed by atoms with E-state index in [1.165, 1.54) is 11.6 Å². The van der Waals surface area contributed by atoms with Crippen molar-refractivity contribution in [3.05, 3.63) is 38.9 Å². The van der Waals surface area contributed by atoms with Gasteiger partial charge in [0.05, 0.1) is 29.1 Å². The van der Waals surface area contributed by atoms with Gasteiger partial charge in [-0.1, -0.05) is 17.5 Å². The fraction of sp³-hybridized carbons (Fsp3) is 0.133. The topological polar surface area (TPSA) is 79.7 Å². The lowest BCUT2D eigenvalue weighted by Crippen LogP contribution is -2.36. The second-order valence-electron chi connectivity index (χ2n) is 5.06. The first-order valence-corrected chi connectivity index (χ1v) is 9.98. The molecule has 0 bridgehead atoms. The van der Waals surface area contributed by atoms with Crippen LogP contribution in [0.1, 0.15) is 10.4 Å². The third-order valence-corrected chi connectivity index (χ3v) is 6.49. The molecule has 1 aliphatic rings. The van der Waals surface area contributed by atoms with Gasteiger partial charge in [-0.3, -0.25) is 0 Å². The Kier molecular flexibility index (Phi) is 4.88. The van der Waals surface area contributed by atoms with E-state index in [-0.39, 0.29) is 34.5 Å². The Morgan fingerprint density at radius 2 is 2.23 bits per heavy atom. The van der Waals surface area contributed by atoms with Crippen LogP contribution in [0.15, 0.2) is 17.6 Å². The highest BCUT2D eigenvalue weighted by Gasteiger charge is 2.42. The molecule has 0 fully saturated rings. The standard InChI is InChI=1S/C15H11BClFN2O4S2/c1-2-5-20-15-13(25-7-19-15)11(21)14(26(20,22)23)10-9(18)4-3-8(17)12(10)24-6-16/h1,3-4,7,21H,5-6,16H2. The Bertz CT molecular complexity index is 1060. The van der Waals surface area contributed by atoms with Crippen LogP contribution in [0.2, 0.25) is 5.02 Å². The molecule has 0 saturated carbocycles. The molecule has 2 aromatic rings. The first kappa shape index (κ1) is 18.6. The van der Waals surface area contributed by atoms with E-state index in [0.717, 1.165) is 21.7 Å². The van der Waals surface area contributed by atoms with Crippen LogP contribution in [-0.2, 0) is 10.0 Å². The lowest BCUT2D eigenvalue weighted by Gasteiger charge is -2.28. The van der Waals surface area contributed by atoms with E-state index in [0.29, 0.717) is 0 Å². The van der Waals surface area contributed by atoms with Crippen LogP contribution < -0.4 is 9.04 Å². The van der Waals surface area contributed by atoms with E-state index < -0.39 is 32.1 Å². The lowest BCUT2D eigenvalue weighted by atomic mass is 10.1. The summed E-state index contributed by atoms with van der Waals surface area (Å²) in [4.78, 5) is 3.45. The molecule has 2 heterocycles. The van der Waals surface area contributed by atoms with Crippen LogP contribution in [0, 0.1) is 18.2 Å². The molecular weight excluding hydrogens is 402 g/mol. The summed E-state index contributed by atoms with van der Waals surface area (Å²) in [6.45, 7) is -0.216. The number of hydrogen-bond donors (Lipinski definition) is 1. The van der Waals surface area contributed by atoms with Gasteiger partial charge < -0.3 is 9.84 Å². The van der Waals surface area contributed by atoms with Gasteiger partial charge in [0.15, 0.2) is 19.4 Å². The van der Waals surface area contributed by atoms with Gasteiger partial charge in [-0.25, -0.2) is 22.1 Å². The second-order valence-corrected chi connectivity index (χ2v) is 8.13. The van der Waals surface area contributed by atoms with Gasteiger partial charge in [-0.05, 0) is 12.1 Å². The first-order valence-electron chi connectivity index (χ1n) is 7.29. The van der Waals surface area contributed by atoms with Crippen molar-refractivity contribution in [1.29, 1.82) is 0 Å². The molecule has 0 amide bonds. The summed E-state index contributed by atoms with van der Waals surface area (Å²) in [5.41, 5.74) is 0.915. The summed E-state index contributed by atoms with van der Waals surface area (Å²) in [7, 11) is -2.77. The number of aliphatic hydroxyl groups is 1. The van der Waals surface area contributed by atoms with Crippen molar-refractivity contribution in [2.24, 2.45) is 0 Å². The van der Waals surface area contributed by atoms with Crippen LogP contribution in [0.4, 0.5) is 10.2 Å². The van der Waals surface area contributed by atoms with Crippen LogP contribution in [0.3, 0.4) is 0 Å². The van der Waals surface area contributed by atoms with Gasteiger partial charge in [0.2, 0.25) is 0 Å². The molecule has 26 heavy (non-hydrogen) atoms. The van der Waals surface area contributed by atoms with Crippen molar-refractivity contribution in [1.82, 2.24) is 4.98 Å². The fourth-order valence-corrected chi connectivity index (χ4v) is 5.25. The summed E-state index contributed by atoms with van der Waals surface area (Å²) in [6.07, 6.45) is 5.28. The minimum Gasteiger partial charge on any atom is -0.505 e. The number of hydrogen-bond acceptors (Lipinski definition) is 6. The fourth-order valence-electron chi connectivity index (χ4n) is 2.55. The highest BCUT2D eigenvalue weighted by molar-refractivity contribution is 8.02. The number of thiazole rings is 1. The average Bonchev–Trinajstić information content (AvgIpc) is 3.07. The summed E-state index contributed by atoms with van der Waals surface area (Å²) in [6, 6.07) is 2.25. The molecule has 1 aliphatic heterocycles. The van der Waals surface area contributed by atoms with Crippen LogP contribution in [0.25, 0.3) is 10.7 Å². The quantitative estimate of drug-likeness (QED) is 0.614. The van der Waals surface area contributed by atoms with E-state index in [9.17, 15) is 17.9 Å². The van der Waals surface area contributed by atoms with Crippen LogP contribution in [0.5, 0.6) is 5.75 Å². The molecule has 0 spiro atoms. The van der Waals surface area contributed by atoms with Gasteiger partial charge in [-0.15, -0.1) is 17.8 Å². The minimum atomic E-state index is -4.41. The van der Waals surface area contributed by atoms with Gasteiger partial charge in [0.25, 0.3) is 10.0 Å². The number of sulfonamides is 1. The Hall–Kier alpha value is -2.22. The number of ether oxygens (including phenoxy) is 1. The molecule has 0 aliphatic carbocycles. The highest BCUT2D eigenvalue weighted by Crippen LogP contribution is 2.47. The summed E-state index contributed by atoms with van der Waals surface area (Å²) >= 11 is 7.07. The SMILES string of the molecule is BCOc1c(Cl)ccc(F)c1C1=C(O)c2scnc2N(CC#C)S1(=O)=O. The van der Waals surface area contributed by atoms with Crippen molar-refractivity contribution >= 4 is 57.3 Å². The largest absolute Gasteiger partial charge is 0.505 e. The van der Waals surface area contributed by atoms with Crippen molar-refractivity contribution < 1.29 is 22.7 Å². The number of aromatic nitrogens is 1. The summed E-state index contributed by atoms with van der Waals surface area (Å²) in [5, 5.41) is 10.6. The molecule has 11 heteroatoms. The number of halogens is 2. The average molecular weight is 413 g/mol. The predicted octanol–water partition coefficient (Wildman–Crippen LogP) is 2.07. The Morgan fingerprint density at radius 3 is 2.88 bits per heavy atom. The van der Waals surface area contributed by atoms with E-state index in [1.54, 1.807) is 7.85 Å². The minimum absolute atomic E-state index is 0.00500. The molecule has 6 nitrogen and oxygen atoms in total. The Balaban J connectivity index is 2.40. The third-order valence-electron chi connectivity index (χ3n) is 3.57. The molecule has 1 N–H and O–H groups in total. The number of rotatable bonds is 4. The monoisotopic (exact) mass is 412 g/mol. The van der Waals surface area contributed by atoms with Gasteiger partial charge in [0, 0.05) is 0 Å². The van der Waals surface area contributed by atoms with Crippen LogP contribution in [-0.4, -0.2) is 39.4 Å². The van der Waals surface area contributed by atoms with Crippen molar-refractivity contribution in [3.63, 3.8) is 0 Å². The predicted molar refractivity (Wildman–Crippen MR) is 102 cm³/mol. The summed E-state index contributed by atoms with van der Waals surface area (Å²) in [5.74, 6) is 0.521. The molecule has 0 unspecified atom stereocenters. The van der Waals surface area contributed by atoms with Gasteiger partial charge >= 0.3 is 0 Å². The molecule has 134 valence electrons. The highest BCUT2D eigenvalue weighted by atomic mass is 35.5. The summed E-state index contributed by atoms with van der Waals surface area (Å²) < 4.78 is 47.1. The van der Waals surface area contributed by atoms with E-state index in [1.807, 2.05) is 0 Å². The number of terminal acetylenes is 1. The maximum Gasteiger partial charge on any atom is 0.271 e.